The molecule has 0 bridgehead atoms. The summed E-state index contributed by atoms with van der Waals surface area (Å²) in [5.74, 6) is -0.0870. The molecule has 0 atom stereocenters. The van der Waals surface area contributed by atoms with Gasteiger partial charge in [0.2, 0.25) is 11.8 Å². The van der Waals surface area contributed by atoms with Crippen LogP contribution in [0.5, 0.6) is 0 Å². The first kappa shape index (κ1) is 16.2. The van der Waals surface area contributed by atoms with Crippen molar-refractivity contribution in [2.24, 2.45) is 0 Å². The van der Waals surface area contributed by atoms with Gasteiger partial charge in [-0.2, -0.15) is 0 Å². The van der Waals surface area contributed by atoms with E-state index in [-0.39, 0.29) is 17.4 Å². The lowest BCUT2D eigenvalue weighted by Crippen LogP contribution is -2.45. The molecule has 0 aliphatic heterocycles. The smallest absolute Gasteiger partial charge is 0.226 e. The van der Waals surface area contributed by atoms with E-state index in [4.69, 9.17) is 0 Å². The number of aryl methyl sites for hydroxylation is 1. The zero-order chi connectivity index (χ0) is 15.3. The second kappa shape index (κ2) is 6.55. The maximum absolute atomic E-state index is 12.0. The molecule has 1 aromatic carbocycles. The van der Waals surface area contributed by atoms with Crippen LogP contribution in [0.25, 0.3) is 0 Å². The first-order chi connectivity index (χ1) is 9.21. The quantitative estimate of drug-likeness (QED) is 0.919. The van der Waals surface area contributed by atoms with Crippen molar-refractivity contribution in [2.75, 3.05) is 11.9 Å². The van der Waals surface area contributed by atoms with Gasteiger partial charge < -0.3 is 10.2 Å². The molecule has 1 aromatic rings. The molecule has 0 unspecified atom stereocenters. The van der Waals surface area contributed by atoms with Gasteiger partial charge in [-0.05, 0) is 39.3 Å². The number of para-hydroxylation sites is 1. The van der Waals surface area contributed by atoms with Gasteiger partial charge in [0, 0.05) is 31.1 Å². The third kappa shape index (κ3) is 4.68. The van der Waals surface area contributed by atoms with Crippen molar-refractivity contribution in [2.45, 2.75) is 46.6 Å². The van der Waals surface area contributed by atoms with Gasteiger partial charge in [0.1, 0.15) is 0 Å². The maximum Gasteiger partial charge on any atom is 0.226 e. The molecule has 20 heavy (non-hydrogen) atoms. The van der Waals surface area contributed by atoms with Gasteiger partial charge in [-0.1, -0.05) is 18.2 Å². The number of nitrogens with one attached hydrogen (secondary N) is 1. The topological polar surface area (TPSA) is 49.4 Å². The molecule has 0 heterocycles. The number of anilines is 1. The predicted octanol–water partition coefficient (Wildman–Crippen LogP) is 2.97. The molecule has 2 amide bonds. The number of carbonyl (C=O) groups is 2. The van der Waals surface area contributed by atoms with Crippen LogP contribution in [-0.4, -0.2) is 28.8 Å². The highest BCUT2D eigenvalue weighted by Crippen LogP contribution is 2.16. The van der Waals surface area contributed by atoms with E-state index in [1.165, 1.54) is 6.92 Å². The second-order valence-corrected chi connectivity index (χ2v) is 5.95. The highest BCUT2D eigenvalue weighted by Gasteiger charge is 2.24. The molecular formula is C16H24N2O2. The van der Waals surface area contributed by atoms with E-state index < -0.39 is 0 Å². The first-order valence-corrected chi connectivity index (χ1v) is 6.85. The number of nitrogens with zero attached hydrogens (tertiary/aromatic N) is 1. The molecular weight excluding hydrogens is 252 g/mol. The summed E-state index contributed by atoms with van der Waals surface area (Å²) in [6.45, 7) is 9.81. The molecule has 0 fully saturated rings. The van der Waals surface area contributed by atoms with Crippen molar-refractivity contribution in [1.29, 1.82) is 0 Å². The van der Waals surface area contributed by atoms with Crippen LogP contribution in [0, 0.1) is 6.92 Å². The molecule has 0 aromatic heterocycles. The van der Waals surface area contributed by atoms with Crippen molar-refractivity contribution in [3.05, 3.63) is 29.8 Å². The third-order valence-electron chi connectivity index (χ3n) is 3.17. The van der Waals surface area contributed by atoms with E-state index in [0.29, 0.717) is 13.0 Å². The minimum Gasteiger partial charge on any atom is -0.338 e. The predicted molar refractivity (Wildman–Crippen MR) is 81.6 cm³/mol. The van der Waals surface area contributed by atoms with Crippen LogP contribution in [0.2, 0.25) is 0 Å². The fraction of sp³-hybridized carbons (Fsp3) is 0.500. The summed E-state index contributed by atoms with van der Waals surface area (Å²) >= 11 is 0. The highest BCUT2D eigenvalue weighted by molar-refractivity contribution is 5.91. The molecule has 1 N–H and O–H groups in total. The van der Waals surface area contributed by atoms with Crippen molar-refractivity contribution < 1.29 is 9.59 Å². The largest absolute Gasteiger partial charge is 0.338 e. The fourth-order valence-corrected chi connectivity index (χ4v) is 2.10. The lowest BCUT2D eigenvalue weighted by molar-refractivity contribution is -0.134. The summed E-state index contributed by atoms with van der Waals surface area (Å²) in [5.41, 5.74) is 1.58. The Morgan fingerprint density at radius 2 is 1.80 bits per heavy atom. The number of amides is 2. The number of hydrogen-bond donors (Lipinski definition) is 1. The van der Waals surface area contributed by atoms with Gasteiger partial charge >= 0.3 is 0 Å². The van der Waals surface area contributed by atoms with Crippen LogP contribution in [0.4, 0.5) is 5.69 Å². The van der Waals surface area contributed by atoms with Crippen molar-refractivity contribution in [1.82, 2.24) is 4.90 Å². The lowest BCUT2D eigenvalue weighted by atomic mass is 10.1. The molecule has 0 aliphatic carbocycles. The molecule has 0 spiro atoms. The molecule has 4 heteroatoms. The van der Waals surface area contributed by atoms with Gasteiger partial charge in [-0.3, -0.25) is 9.59 Å². The fourth-order valence-electron chi connectivity index (χ4n) is 2.10. The second-order valence-electron chi connectivity index (χ2n) is 5.95. The van der Waals surface area contributed by atoms with E-state index in [1.54, 1.807) is 4.90 Å². The van der Waals surface area contributed by atoms with Crippen LogP contribution < -0.4 is 5.32 Å². The average Bonchev–Trinajstić information content (AvgIpc) is 2.30. The third-order valence-corrected chi connectivity index (χ3v) is 3.17. The standard InChI is InChI=1S/C16H24N2O2/c1-12-8-6-7-9-14(12)17-15(20)10-11-18(13(2)19)16(3,4)5/h6-9H,10-11H2,1-5H3,(H,17,20). The van der Waals surface area contributed by atoms with Crippen molar-refractivity contribution in [3.63, 3.8) is 0 Å². The summed E-state index contributed by atoms with van der Waals surface area (Å²) in [6, 6.07) is 7.65. The maximum atomic E-state index is 12.0. The van der Waals surface area contributed by atoms with Gasteiger partial charge in [0.15, 0.2) is 0 Å². The molecule has 1 rings (SSSR count). The summed E-state index contributed by atoms with van der Waals surface area (Å²) in [5, 5.41) is 2.88. The van der Waals surface area contributed by atoms with E-state index in [9.17, 15) is 9.59 Å². The summed E-state index contributed by atoms with van der Waals surface area (Å²) in [7, 11) is 0. The number of carbonyl (C=O) groups excluding carboxylic acids is 2. The van der Waals surface area contributed by atoms with Crippen LogP contribution in [0.3, 0.4) is 0 Å². The van der Waals surface area contributed by atoms with Crippen LogP contribution in [0.1, 0.15) is 39.7 Å². The Bertz CT molecular complexity index is 489. The van der Waals surface area contributed by atoms with E-state index in [2.05, 4.69) is 5.32 Å². The average molecular weight is 276 g/mol. The zero-order valence-electron chi connectivity index (χ0n) is 13.0. The summed E-state index contributed by atoms with van der Waals surface area (Å²) in [4.78, 5) is 25.3. The summed E-state index contributed by atoms with van der Waals surface area (Å²) in [6.07, 6.45) is 0.297. The Labute approximate surface area is 121 Å². The van der Waals surface area contributed by atoms with Crippen LogP contribution >= 0.6 is 0 Å². The van der Waals surface area contributed by atoms with E-state index in [1.807, 2.05) is 52.0 Å². The Kier molecular flexibility index (Phi) is 5.31. The Morgan fingerprint density at radius 3 is 2.30 bits per heavy atom. The number of benzene rings is 1. The summed E-state index contributed by atoms with van der Waals surface area (Å²) < 4.78 is 0. The SMILES string of the molecule is CC(=O)N(CCC(=O)Nc1ccccc1C)C(C)(C)C. The number of hydrogen-bond acceptors (Lipinski definition) is 2. The Balaban J connectivity index is 2.59. The molecule has 0 saturated heterocycles. The molecule has 0 aliphatic rings. The van der Waals surface area contributed by atoms with Gasteiger partial charge in [-0.25, -0.2) is 0 Å². The molecule has 110 valence electrons. The van der Waals surface area contributed by atoms with Gasteiger partial charge in [0.25, 0.3) is 0 Å². The monoisotopic (exact) mass is 276 g/mol. The van der Waals surface area contributed by atoms with E-state index in [0.717, 1.165) is 11.3 Å². The van der Waals surface area contributed by atoms with Crippen molar-refractivity contribution >= 4 is 17.5 Å². The van der Waals surface area contributed by atoms with Crippen molar-refractivity contribution in [3.8, 4) is 0 Å². The number of rotatable bonds is 4. The zero-order valence-corrected chi connectivity index (χ0v) is 13.0. The van der Waals surface area contributed by atoms with Gasteiger partial charge in [0.05, 0.1) is 0 Å². The molecule has 0 saturated carbocycles. The Morgan fingerprint density at radius 1 is 1.20 bits per heavy atom. The first-order valence-electron chi connectivity index (χ1n) is 6.85. The highest BCUT2D eigenvalue weighted by atomic mass is 16.2. The normalized spacial score (nSPS) is 11.1. The van der Waals surface area contributed by atoms with Gasteiger partial charge in [-0.15, -0.1) is 0 Å². The molecule has 4 nitrogen and oxygen atoms in total. The Hall–Kier alpha value is -1.84. The lowest BCUT2D eigenvalue weighted by Gasteiger charge is -2.34. The minimum absolute atomic E-state index is 0.0128. The minimum atomic E-state index is -0.269. The van der Waals surface area contributed by atoms with Crippen LogP contribution in [-0.2, 0) is 9.59 Å². The van der Waals surface area contributed by atoms with Crippen LogP contribution in [0.15, 0.2) is 24.3 Å². The van der Waals surface area contributed by atoms with E-state index >= 15 is 0 Å². The molecule has 0 radical (unpaired) electrons.